The number of benzene rings is 3. The van der Waals surface area contributed by atoms with Crippen LogP contribution in [0.4, 0.5) is 5.69 Å². The molecule has 2 aromatic heterocycles. The van der Waals surface area contributed by atoms with Crippen molar-refractivity contribution in [1.29, 1.82) is 0 Å². The minimum Gasteiger partial charge on any atom is -0.496 e. The lowest BCUT2D eigenvalue weighted by molar-refractivity contribution is -0.127. The molecule has 0 spiro atoms. The molecule has 0 saturated heterocycles. The quantitative estimate of drug-likeness (QED) is 0.254. The summed E-state index contributed by atoms with van der Waals surface area (Å²) >= 11 is 1.28. The maximum Gasteiger partial charge on any atom is 0.271 e. The van der Waals surface area contributed by atoms with Crippen molar-refractivity contribution in [3.63, 3.8) is 0 Å². The first-order valence-corrected chi connectivity index (χ1v) is 16.0. The highest BCUT2D eigenvalue weighted by molar-refractivity contribution is 7.07. The molecule has 10 heteroatoms. The van der Waals surface area contributed by atoms with Gasteiger partial charge in [0.2, 0.25) is 5.91 Å². The number of carbonyl (C=O) groups excluding carboxylic acids is 2. The number of ether oxygens (including phenoxy) is 1. The predicted molar refractivity (Wildman–Crippen MR) is 182 cm³/mol. The summed E-state index contributed by atoms with van der Waals surface area (Å²) < 4.78 is 9.69. The Bertz CT molecular complexity index is 2160. The molecule has 0 bridgehead atoms. The fourth-order valence-electron chi connectivity index (χ4n) is 6.00. The topological polar surface area (TPSA) is 97.9 Å². The van der Waals surface area contributed by atoms with Gasteiger partial charge in [0.05, 0.1) is 22.9 Å². The Kier molecular flexibility index (Phi) is 8.72. The molecule has 0 saturated carbocycles. The highest BCUT2D eigenvalue weighted by atomic mass is 32.1. The number of likely N-dealkylation sites (N-methyl/N-ethyl adjacent to an activating group) is 1. The van der Waals surface area contributed by atoms with Crippen molar-refractivity contribution in [3.8, 4) is 5.75 Å². The number of carbonyl (C=O) groups is 2. The Hall–Kier alpha value is -5.22. The molecule has 0 radical (unpaired) electrons. The summed E-state index contributed by atoms with van der Waals surface area (Å²) in [4.78, 5) is 48.3. The Morgan fingerprint density at radius 2 is 1.70 bits per heavy atom. The molecule has 5 aromatic rings. The van der Waals surface area contributed by atoms with E-state index in [0.717, 1.165) is 22.2 Å². The third-order valence-electron chi connectivity index (χ3n) is 8.21. The standard InChI is InChI=1S/C36H35N5O4S/c1-5-39(6-2)35(44)32-23(3)37-36-41(33(32)27-17-11-13-19-29(27)45-4)34(43)30(46-36)20-24-21-40(28-18-12-10-16-26(24)28)22-31(42)38-25-14-8-7-9-15-25/h7-21,33H,5-6,22H2,1-4H3,(H,38,42)/b30-20+/t33-/m1/s1. The van der Waals surface area contributed by atoms with Gasteiger partial charge in [0.15, 0.2) is 4.80 Å². The molecule has 234 valence electrons. The number of thiazole rings is 1. The first kappa shape index (κ1) is 30.8. The summed E-state index contributed by atoms with van der Waals surface area (Å²) in [6.07, 6.45) is 3.74. The Morgan fingerprint density at radius 1 is 1.00 bits per heavy atom. The van der Waals surface area contributed by atoms with Gasteiger partial charge in [-0.05, 0) is 51.1 Å². The molecule has 0 fully saturated rings. The number of hydrogen-bond acceptors (Lipinski definition) is 6. The number of allylic oxidation sites excluding steroid dienone is 1. The van der Waals surface area contributed by atoms with Gasteiger partial charge in [0, 0.05) is 47.0 Å². The number of anilines is 1. The van der Waals surface area contributed by atoms with Crippen LogP contribution in [0.3, 0.4) is 0 Å². The van der Waals surface area contributed by atoms with Crippen LogP contribution < -0.4 is 24.9 Å². The summed E-state index contributed by atoms with van der Waals surface area (Å²) in [5.41, 5.74) is 3.88. The van der Waals surface area contributed by atoms with E-state index in [-0.39, 0.29) is 23.9 Å². The van der Waals surface area contributed by atoms with Gasteiger partial charge in [-0.1, -0.05) is 65.9 Å². The van der Waals surface area contributed by atoms with E-state index < -0.39 is 6.04 Å². The Labute approximate surface area is 270 Å². The molecule has 2 amide bonds. The van der Waals surface area contributed by atoms with E-state index >= 15 is 0 Å². The van der Waals surface area contributed by atoms with Crippen LogP contribution in [0.2, 0.25) is 0 Å². The summed E-state index contributed by atoms with van der Waals surface area (Å²) in [6.45, 7) is 6.86. The van der Waals surface area contributed by atoms with Crippen LogP contribution in [0, 0.1) is 0 Å². The van der Waals surface area contributed by atoms with Crippen LogP contribution in [-0.2, 0) is 16.1 Å². The predicted octanol–water partition coefficient (Wildman–Crippen LogP) is 4.71. The van der Waals surface area contributed by atoms with Crippen molar-refractivity contribution >= 4 is 45.8 Å². The molecule has 0 aliphatic carbocycles. The van der Waals surface area contributed by atoms with Crippen LogP contribution in [0.25, 0.3) is 17.0 Å². The van der Waals surface area contributed by atoms with Crippen molar-refractivity contribution in [2.75, 3.05) is 25.5 Å². The van der Waals surface area contributed by atoms with Crippen molar-refractivity contribution < 1.29 is 14.3 Å². The van der Waals surface area contributed by atoms with Crippen LogP contribution in [-0.4, -0.2) is 46.0 Å². The van der Waals surface area contributed by atoms with Gasteiger partial charge in [0.25, 0.3) is 11.5 Å². The van der Waals surface area contributed by atoms with Crippen LogP contribution >= 0.6 is 11.3 Å². The summed E-state index contributed by atoms with van der Waals surface area (Å²) in [6, 6.07) is 23.9. The third kappa shape index (κ3) is 5.67. The molecule has 46 heavy (non-hydrogen) atoms. The average molecular weight is 634 g/mol. The normalized spacial score (nSPS) is 14.6. The number of para-hydroxylation sites is 3. The molecule has 1 N–H and O–H groups in total. The first-order chi connectivity index (χ1) is 22.3. The molecule has 1 atom stereocenters. The molecular formula is C36H35N5O4S. The fraction of sp³-hybridized carbons (Fsp3) is 0.222. The molecule has 1 aliphatic heterocycles. The lowest BCUT2D eigenvalue weighted by atomic mass is 9.94. The van der Waals surface area contributed by atoms with Crippen LogP contribution in [0.5, 0.6) is 5.75 Å². The average Bonchev–Trinajstić information content (AvgIpc) is 3.57. The second-order valence-corrected chi connectivity index (χ2v) is 12.0. The van der Waals surface area contributed by atoms with Gasteiger partial charge >= 0.3 is 0 Å². The zero-order valence-corrected chi connectivity index (χ0v) is 27.0. The van der Waals surface area contributed by atoms with Gasteiger partial charge in [-0.25, -0.2) is 4.99 Å². The number of fused-ring (bicyclic) bond motifs is 2. The highest BCUT2D eigenvalue weighted by Gasteiger charge is 2.35. The van der Waals surface area contributed by atoms with Crippen molar-refractivity contribution in [1.82, 2.24) is 14.0 Å². The van der Waals surface area contributed by atoms with E-state index in [0.29, 0.717) is 45.0 Å². The summed E-state index contributed by atoms with van der Waals surface area (Å²) in [5.74, 6) is 0.266. The number of aromatic nitrogens is 2. The smallest absolute Gasteiger partial charge is 0.271 e. The summed E-state index contributed by atoms with van der Waals surface area (Å²) in [7, 11) is 1.58. The van der Waals surface area contributed by atoms with Crippen molar-refractivity contribution in [3.05, 3.63) is 127 Å². The second kappa shape index (κ2) is 13.0. The van der Waals surface area contributed by atoms with Crippen LogP contribution in [0.15, 0.2) is 106 Å². The molecule has 9 nitrogen and oxygen atoms in total. The van der Waals surface area contributed by atoms with Crippen LogP contribution in [0.1, 0.15) is 37.9 Å². The Morgan fingerprint density at radius 3 is 2.43 bits per heavy atom. The summed E-state index contributed by atoms with van der Waals surface area (Å²) in [5, 5.41) is 3.85. The van der Waals surface area contributed by atoms with Gasteiger partial charge in [0.1, 0.15) is 18.3 Å². The van der Waals surface area contributed by atoms with E-state index in [4.69, 9.17) is 9.73 Å². The maximum absolute atomic E-state index is 14.3. The molecule has 6 rings (SSSR count). The van der Waals surface area contributed by atoms with E-state index in [9.17, 15) is 14.4 Å². The fourth-order valence-corrected chi connectivity index (χ4v) is 7.04. The number of rotatable bonds is 9. The molecule has 1 aliphatic rings. The number of nitrogens with one attached hydrogen (secondary N) is 1. The molecule has 0 unspecified atom stereocenters. The maximum atomic E-state index is 14.3. The first-order valence-electron chi connectivity index (χ1n) is 15.2. The van der Waals surface area contributed by atoms with Gasteiger partial charge in [-0.2, -0.15) is 0 Å². The molecule has 3 heterocycles. The lowest BCUT2D eigenvalue weighted by Crippen LogP contribution is -2.43. The minimum absolute atomic E-state index is 0.105. The zero-order valence-electron chi connectivity index (χ0n) is 26.2. The van der Waals surface area contributed by atoms with E-state index in [1.165, 1.54) is 11.3 Å². The largest absolute Gasteiger partial charge is 0.496 e. The van der Waals surface area contributed by atoms with Crippen molar-refractivity contribution in [2.24, 2.45) is 4.99 Å². The van der Waals surface area contributed by atoms with Crippen molar-refractivity contribution in [2.45, 2.75) is 33.4 Å². The lowest BCUT2D eigenvalue weighted by Gasteiger charge is -2.29. The van der Waals surface area contributed by atoms with E-state index in [1.54, 1.807) is 16.6 Å². The van der Waals surface area contributed by atoms with E-state index in [1.807, 2.05) is 116 Å². The number of nitrogens with zero attached hydrogens (tertiary/aromatic N) is 4. The monoisotopic (exact) mass is 633 g/mol. The number of hydrogen-bond donors (Lipinski definition) is 1. The second-order valence-electron chi connectivity index (χ2n) is 10.9. The van der Waals surface area contributed by atoms with Gasteiger partial charge < -0.3 is 19.5 Å². The number of methoxy groups -OCH3 is 1. The minimum atomic E-state index is -0.717. The Balaban J connectivity index is 1.48. The SMILES string of the molecule is CCN(CC)C(=O)C1=C(C)N=c2s/c(=C/c3cn(CC(=O)Nc4ccccc4)c4ccccc34)c(=O)n2[C@@H]1c1ccccc1OC. The van der Waals surface area contributed by atoms with E-state index in [2.05, 4.69) is 5.32 Å². The zero-order chi connectivity index (χ0) is 32.4. The third-order valence-corrected chi connectivity index (χ3v) is 9.20. The molecule has 3 aromatic carbocycles. The van der Waals surface area contributed by atoms with Gasteiger partial charge in [-0.15, -0.1) is 0 Å². The number of amides is 2. The van der Waals surface area contributed by atoms with Gasteiger partial charge in [-0.3, -0.25) is 19.0 Å². The highest BCUT2D eigenvalue weighted by Crippen LogP contribution is 2.36. The molecular weight excluding hydrogens is 598 g/mol.